The average molecular weight is 182 g/mol. The molecule has 0 aromatic carbocycles. The fourth-order valence-corrected chi connectivity index (χ4v) is 0.667. The van der Waals surface area contributed by atoms with Gasteiger partial charge in [0.1, 0.15) is 0 Å². The molecular weight excluding hydrogens is 166 g/mol. The van der Waals surface area contributed by atoms with Gasteiger partial charge in [0.15, 0.2) is 0 Å². The zero-order valence-electron chi connectivity index (χ0n) is 6.06. The van der Waals surface area contributed by atoms with Gasteiger partial charge < -0.3 is 5.32 Å². The van der Waals surface area contributed by atoms with E-state index in [1.54, 1.807) is 0 Å². The van der Waals surface area contributed by atoms with Crippen LogP contribution in [0.2, 0.25) is 0 Å². The van der Waals surface area contributed by atoms with Crippen LogP contribution in [-0.4, -0.2) is 12.1 Å². The smallest absolute Gasteiger partial charge is 0.00127 e. The van der Waals surface area contributed by atoms with Crippen LogP contribution in [0, 0.1) is 0 Å². The average Bonchev–Trinajstić information content (AvgIpc) is 1.27. The lowest BCUT2D eigenvalue weighted by molar-refractivity contribution is 0.518. The second kappa shape index (κ2) is 5.57. The number of hydrogen-bond donors (Lipinski definition) is 1. The van der Waals surface area contributed by atoms with Crippen LogP contribution in [0.5, 0.6) is 0 Å². The van der Waals surface area contributed by atoms with Crippen molar-refractivity contribution in [2.24, 2.45) is 0 Å². The molecule has 0 amide bonds. The van der Waals surface area contributed by atoms with Gasteiger partial charge in [-0.25, -0.2) is 0 Å². The van der Waals surface area contributed by atoms with E-state index in [4.69, 9.17) is 0 Å². The quantitative estimate of drug-likeness (QED) is 0.688. The van der Waals surface area contributed by atoms with Crippen molar-refractivity contribution in [1.29, 1.82) is 0 Å². The summed E-state index contributed by atoms with van der Waals surface area (Å²) in [5.41, 5.74) is 0. The fraction of sp³-hybridized carbons (Fsp3) is 1.00. The SMILES string of the molecule is Br.CC(C)NC(C)C. The third kappa shape index (κ3) is 9.67. The van der Waals surface area contributed by atoms with Crippen LogP contribution in [0.4, 0.5) is 0 Å². The fourth-order valence-electron chi connectivity index (χ4n) is 0.667. The lowest BCUT2D eigenvalue weighted by Crippen LogP contribution is -2.29. The van der Waals surface area contributed by atoms with E-state index in [0.29, 0.717) is 12.1 Å². The molecule has 1 N–H and O–H groups in total. The summed E-state index contributed by atoms with van der Waals surface area (Å²) in [6.07, 6.45) is 0. The standard InChI is InChI=1S/C6H15N.BrH/c1-5(2)7-6(3)4;/h5-7H,1-4H3;1H. The molecule has 0 aliphatic carbocycles. The van der Waals surface area contributed by atoms with Gasteiger partial charge in [0.05, 0.1) is 0 Å². The van der Waals surface area contributed by atoms with Crippen LogP contribution < -0.4 is 5.32 Å². The van der Waals surface area contributed by atoms with Crippen molar-refractivity contribution in [3.8, 4) is 0 Å². The molecule has 0 saturated heterocycles. The number of nitrogens with one attached hydrogen (secondary N) is 1. The van der Waals surface area contributed by atoms with Gasteiger partial charge in [0, 0.05) is 12.1 Å². The van der Waals surface area contributed by atoms with E-state index in [0.717, 1.165) is 0 Å². The minimum Gasteiger partial charge on any atom is -0.312 e. The molecular formula is C6H16BrN. The zero-order chi connectivity index (χ0) is 5.86. The summed E-state index contributed by atoms with van der Waals surface area (Å²) in [5, 5.41) is 3.31. The molecule has 0 rings (SSSR count). The Morgan fingerprint density at radius 2 is 1.12 bits per heavy atom. The molecule has 0 aromatic heterocycles. The first kappa shape index (κ1) is 11.3. The molecule has 0 radical (unpaired) electrons. The topological polar surface area (TPSA) is 12.0 Å². The van der Waals surface area contributed by atoms with Gasteiger partial charge in [-0.15, -0.1) is 17.0 Å². The Morgan fingerprint density at radius 1 is 0.875 bits per heavy atom. The minimum atomic E-state index is 0. The van der Waals surface area contributed by atoms with E-state index in [-0.39, 0.29) is 17.0 Å². The van der Waals surface area contributed by atoms with E-state index >= 15 is 0 Å². The van der Waals surface area contributed by atoms with Crippen LogP contribution in [-0.2, 0) is 0 Å². The molecule has 0 fully saturated rings. The van der Waals surface area contributed by atoms with Gasteiger partial charge in [0.25, 0.3) is 0 Å². The highest BCUT2D eigenvalue weighted by Gasteiger charge is 1.92. The van der Waals surface area contributed by atoms with Crippen molar-refractivity contribution < 1.29 is 0 Å². The Morgan fingerprint density at radius 3 is 1.12 bits per heavy atom. The summed E-state index contributed by atoms with van der Waals surface area (Å²) in [5.74, 6) is 0. The van der Waals surface area contributed by atoms with Crippen molar-refractivity contribution in [1.82, 2.24) is 5.32 Å². The molecule has 0 atom stereocenters. The summed E-state index contributed by atoms with van der Waals surface area (Å²) in [7, 11) is 0. The largest absolute Gasteiger partial charge is 0.312 e. The molecule has 2 heteroatoms. The van der Waals surface area contributed by atoms with Crippen molar-refractivity contribution in [2.45, 2.75) is 39.8 Å². The lowest BCUT2D eigenvalue weighted by Gasteiger charge is -2.10. The number of rotatable bonds is 2. The monoisotopic (exact) mass is 181 g/mol. The molecule has 0 aliphatic heterocycles. The van der Waals surface area contributed by atoms with Crippen LogP contribution in [0.3, 0.4) is 0 Å². The molecule has 8 heavy (non-hydrogen) atoms. The van der Waals surface area contributed by atoms with Gasteiger partial charge in [-0.1, -0.05) is 27.7 Å². The van der Waals surface area contributed by atoms with Crippen molar-refractivity contribution in [3.05, 3.63) is 0 Å². The highest BCUT2D eigenvalue weighted by molar-refractivity contribution is 8.93. The third-order valence-electron chi connectivity index (χ3n) is 0.667. The summed E-state index contributed by atoms with van der Waals surface area (Å²) in [4.78, 5) is 0. The second-order valence-corrected chi connectivity index (χ2v) is 2.48. The second-order valence-electron chi connectivity index (χ2n) is 2.48. The normalized spacial score (nSPS) is 9.75. The maximum atomic E-state index is 3.31. The first-order valence-corrected chi connectivity index (χ1v) is 2.89. The van der Waals surface area contributed by atoms with E-state index in [1.165, 1.54) is 0 Å². The maximum Gasteiger partial charge on any atom is 0.00127 e. The summed E-state index contributed by atoms with van der Waals surface area (Å²) >= 11 is 0. The summed E-state index contributed by atoms with van der Waals surface area (Å²) < 4.78 is 0. The molecule has 0 bridgehead atoms. The molecule has 0 spiro atoms. The van der Waals surface area contributed by atoms with Crippen LogP contribution >= 0.6 is 17.0 Å². The first-order valence-electron chi connectivity index (χ1n) is 2.89. The van der Waals surface area contributed by atoms with Crippen molar-refractivity contribution >= 4 is 17.0 Å². The summed E-state index contributed by atoms with van der Waals surface area (Å²) in [6, 6.07) is 1.25. The molecule has 0 heterocycles. The van der Waals surface area contributed by atoms with E-state index in [2.05, 4.69) is 33.0 Å². The van der Waals surface area contributed by atoms with Gasteiger partial charge in [0.2, 0.25) is 0 Å². The Labute approximate surface area is 62.6 Å². The minimum absolute atomic E-state index is 0. The van der Waals surface area contributed by atoms with Gasteiger partial charge >= 0.3 is 0 Å². The van der Waals surface area contributed by atoms with Crippen molar-refractivity contribution in [3.63, 3.8) is 0 Å². The molecule has 0 aromatic rings. The van der Waals surface area contributed by atoms with Crippen LogP contribution in [0.1, 0.15) is 27.7 Å². The highest BCUT2D eigenvalue weighted by atomic mass is 79.9. The molecule has 1 nitrogen and oxygen atoms in total. The Kier molecular flexibility index (Phi) is 7.85. The molecule has 0 aliphatic rings. The molecule has 52 valence electrons. The van der Waals surface area contributed by atoms with Gasteiger partial charge in [-0.3, -0.25) is 0 Å². The number of hydrogen-bond acceptors (Lipinski definition) is 1. The van der Waals surface area contributed by atoms with Crippen LogP contribution in [0.15, 0.2) is 0 Å². The predicted octanol–water partition coefficient (Wildman–Crippen LogP) is 1.97. The third-order valence-corrected chi connectivity index (χ3v) is 0.667. The zero-order valence-corrected chi connectivity index (χ0v) is 7.78. The summed E-state index contributed by atoms with van der Waals surface area (Å²) in [6.45, 7) is 8.61. The van der Waals surface area contributed by atoms with Gasteiger partial charge in [-0.2, -0.15) is 0 Å². The Hall–Kier alpha value is 0.440. The lowest BCUT2D eigenvalue weighted by atomic mass is 10.3. The first-order chi connectivity index (χ1) is 3.13. The van der Waals surface area contributed by atoms with E-state index in [9.17, 15) is 0 Å². The molecule has 0 unspecified atom stereocenters. The van der Waals surface area contributed by atoms with Crippen molar-refractivity contribution in [2.75, 3.05) is 0 Å². The van der Waals surface area contributed by atoms with E-state index < -0.39 is 0 Å². The predicted molar refractivity (Wildman–Crippen MR) is 43.7 cm³/mol. The Bertz CT molecular complexity index is 37.8. The van der Waals surface area contributed by atoms with E-state index in [1.807, 2.05) is 0 Å². The van der Waals surface area contributed by atoms with Gasteiger partial charge in [-0.05, 0) is 0 Å². The Balaban J connectivity index is 0. The number of halogens is 1. The maximum absolute atomic E-state index is 3.31. The highest BCUT2D eigenvalue weighted by Crippen LogP contribution is 1.80. The molecule has 0 saturated carbocycles. The van der Waals surface area contributed by atoms with Crippen LogP contribution in [0.25, 0.3) is 0 Å².